The molecule has 0 saturated heterocycles. The number of hydrogen-bond acceptors (Lipinski definition) is 8. The van der Waals surface area contributed by atoms with E-state index in [0.29, 0.717) is 34.3 Å². The highest BCUT2D eigenvalue weighted by Gasteiger charge is 2.12. The maximum Gasteiger partial charge on any atom is 0.336 e. The van der Waals surface area contributed by atoms with Crippen LogP contribution in [0.5, 0.6) is 23.5 Å². The van der Waals surface area contributed by atoms with Crippen LogP contribution in [-0.4, -0.2) is 29.2 Å². The highest BCUT2D eigenvalue weighted by molar-refractivity contribution is 5.92. The number of pyridine rings is 1. The van der Waals surface area contributed by atoms with Gasteiger partial charge in [-0.05, 0) is 24.3 Å². The minimum Gasteiger partial charge on any atom is -0.481 e. The second kappa shape index (κ2) is 7.36. The molecule has 4 rings (SSSR count). The average Bonchev–Trinajstić information content (AvgIpc) is 2.73. The fraction of sp³-hybridized carbons (Fsp3) is 0.100. The monoisotopic (exact) mass is 377 g/mol. The Hall–Kier alpha value is -3.94. The molecule has 3 aromatic heterocycles. The molecule has 0 fully saturated rings. The van der Waals surface area contributed by atoms with E-state index in [1.54, 1.807) is 24.4 Å². The summed E-state index contributed by atoms with van der Waals surface area (Å²) in [5.41, 5.74) is 1.23. The van der Waals surface area contributed by atoms with Gasteiger partial charge in [0.05, 0.1) is 26.0 Å². The lowest BCUT2D eigenvalue weighted by molar-refractivity contribution is 0.348. The summed E-state index contributed by atoms with van der Waals surface area (Å²) in [7, 11) is 2.96. The third-order valence-corrected chi connectivity index (χ3v) is 3.94. The predicted molar refractivity (Wildman–Crippen MR) is 101 cm³/mol. The SMILES string of the molecule is COc1cc(OC)nc(Oc2ccc3c(-c4ccccn4)cc(=O)oc3c2)n1. The Morgan fingerprint density at radius 1 is 0.929 bits per heavy atom. The van der Waals surface area contributed by atoms with Crippen molar-refractivity contribution in [1.29, 1.82) is 0 Å². The predicted octanol–water partition coefficient (Wildman–Crippen LogP) is 3.45. The molecule has 4 aromatic rings. The van der Waals surface area contributed by atoms with Crippen molar-refractivity contribution >= 4 is 11.0 Å². The highest BCUT2D eigenvalue weighted by Crippen LogP contribution is 2.30. The summed E-state index contributed by atoms with van der Waals surface area (Å²) in [5, 5.41) is 0.731. The lowest BCUT2D eigenvalue weighted by atomic mass is 10.1. The van der Waals surface area contributed by atoms with Crippen molar-refractivity contribution in [3.05, 3.63) is 65.1 Å². The van der Waals surface area contributed by atoms with Crippen LogP contribution >= 0.6 is 0 Å². The molecule has 28 heavy (non-hydrogen) atoms. The van der Waals surface area contributed by atoms with Crippen LogP contribution < -0.4 is 19.8 Å². The minimum atomic E-state index is -0.482. The number of rotatable bonds is 5. The van der Waals surface area contributed by atoms with E-state index < -0.39 is 5.63 Å². The van der Waals surface area contributed by atoms with Gasteiger partial charge in [0.1, 0.15) is 11.3 Å². The van der Waals surface area contributed by atoms with Gasteiger partial charge in [-0.1, -0.05) is 6.07 Å². The molecule has 0 unspecified atom stereocenters. The van der Waals surface area contributed by atoms with Crippen LogP contribution in [0.4, 0.5) is 0 Å². The van der Waals surface area contributed by atoms with E-state index in [0.717, 1.165) is 5.39 Å². The Morgan fingerprint density at radius 2 is 1.71 bits per heavy atom. The summed E-state index contributed by atoms with van der Waals surface area (Å²) in [6.07, 6.45) is 1.67. The maximum atomic E-state index is 12.0. The second-order valence-electron chi connectivity index (χ2n) is 5.69. The first-order valence-electron chi connectivity index (χ1n) is 8.30. The molecule has 8 heteroatoms. The van der Waals surface area contributed by atoms with Gasteiger partial charge in [-0.15, -0.1) is 0 Å². The van der Waals surface area contributed by atoms with Crippen molar-refractivity contribution in [2.24, 2.45) is 0 Å². The van der Waals surface area contributed by atoms with Crippen LogP contribution in [0.3, 0.4) is 0 Å². The molecule has 0 radical (unpaired) electrons. The smallest absolute Gasteiger partial charge is 0.336 e. The van der Waals surface area contributed by atoms with Gasteiger partial charge in [0.15, 0.2) is 0 Å². The average molecular weight is 377 g/mol. The zero-order chi connectivity index (χ0) is 19.5. The van der Waals surface area contributed by atoms with Crippen LogP contribution in [0, 0.1) is 0 Å². The lowest BCUT2D eigenvalue weighted by Crippen LogP contribution is -2.00. The summed E-state index contributed by atoms with van der Waals surface area (Å²) in [4.78, 5) is 24.6. The van der Waals surface area contributed by atoms with E-state index >= 15 is 0 Å². The van der Waals surface area contributed by atoms with E-state index in [1.807, 2.05) is 18.2 Å². The number of hydrogen-bond donors (Lipinski definition) is 0. The van der Waals surface area contributed by atoms with Gasteiger partial charge in [-0.3, -0.25) is 4.98 Å². The van der Waals surface area contributed by atoms with Gasteiger partial charge < -0.3 is 18.6 Å². The largest absolute Gasteiger partial charge is 0.481 e. The molecule has 1 aromatic carbocycles. The van der Waals surface area contributed by atoms with E-state index in [9.17, 15) is 4.79 Å². The number of aromatic nitrogens is 3. The van der Waals surface area contributed by atoms with Crippen LogP contribution in [0.1, 0.15) is 0 Å². The number of ether oxygens (including phenoxy) is 3. The van der Waals surface area contributed by atoms with Crippen molar-refractivity contribution in [2.75, 3.05) is 14.2 Å². The van der Waals surface area contributed by atoms with E-state index in [4.69, 9.17) is 18.6 Å². The fourth-order valence-electron chi connectivity index (χ4n) is 2.68. The second-order valence-corrected chi connectivity index (χ2v) is 5.69. The van der Waals surface area contributed by atoms with E-state index in [2.05, 4.69) is 15.0 Å². The topological polar surface area (TPSA) is 96.6 Å². The number of benzene rings is 1. The molecule has 0 saturated carbocycles. The van der Waals surface area contributed by atoms with Gasteiger partial charge in [-0.2, -0.15) is 9.97 Å². The van der Waals surface area contributed by atoms with E-state index in [-0.39, 0.29) is 6.01 Å². The Morgan fingerprint density at radius 3 is 2.39 bits per heavy atom. The third-order valence-electron chi connectivity index (χ3n) is 3.94. The first kappa shape index (κ1) is 17.5. The molecule has 140 valence electrons. The molecule has 0 aliphatic carbocycles. The molecular weight excluding hydrogens is 362 g/mol. The van der Waals surface area contributed by atoms with Crippen LogP contribution in [0.15, 0.2) is 63.9 Å². The maximum absolute atomic E-state index is 12.0. The number of fused-ring (bicyclic) bond motifs is 1. The zero-order valence-electron chi connectivity index (χ0n) is 15.1. The molecule has 3 heterocycles. The van der Waals surface area contributed by atoms with Gasteiger partial charge in [0, 0.05) is 29.3 Å². The van der Waals surface area contributed by atoms with Crippen molar-refractivity contribution < 1.29 is 18.6 Å². The van der Waals surface area contributed by atoms with Gasteiger partial charge in [0.25, 0.3) is 0 Å². The summed E-state index contributed by atoms with van der Waals surface area (Å²) in [6, 6.07) is 13.6. The Labute approximate surface area is 159 Å². The zero-order valence-corrected chi connectivity index (χ0v) is 15.1. The molecule has 0 bridgehead atoms. The van der Waals surface area contributed by atoms with E-state index in [1.165, 1.54) is 26.4 Å². The van der Waals surface area contributed by atoms with Crippen LogP contribution in [-0.2, 0) is 0 Å². The normalized spacial score (nSPS) is 10.6. The van der Waals surface area contributed by atoms with Gasteiger partial charge >= 0.3 is 11.6 Å². The van der Waals surface area contributed by atoms with Crippen molar-refractivity contribution in [2.45, 2.75) is 0 Å². The minimum absolute atomic E-state index is 0.0405. The summed E-state index contributed by atoms with van der Waals surface area (Å²) in [6.45, 7) is 0. The van der Waals surface area contributed by atoms with Crippen LogP contribution in [0.25, 0.3) is 22.2 Å². The molecule has 0 aliphatic heterocycles. The Kier molecular flexibility index (Phi) is 4.59. The molecular formula is C20H15N3O5. The third kappa shape index (κ3) is 3.48. The number of methoxy groups -OCH3 is 2. The molecule has 0 atom stereocenters. The molecule has 8 nitrogen and oxygen atoms in total. The highest BCUT2D eigenvalue weighted by atomic mass is 16.5. The first-order chi connectivity index (χ1) is 13.7. The van der Waals surface area contributed by atoms with Crippen molar-refractivity contribution in [1.82, 2.24) is 15.0 Å². The standard InChI is InChI=1S/C20H15N3O5/c1-25-17-11-18(26-2)23-20(22-17)27-12-6-7-13-14(15-5-3-4-8-21-15)10-19(24)28-16(13)9-12/h3-11H,1-2H3. The molecule has 0 spiro atoms. The summed E-state index contributed by atoms with van der Waals surface area (Å²) in [5.74, 6) is 0.988. The Balaban J connectivity index is 1.76. The first-order valence-corrected chi connectivity index (χ1v) is 8.30. The van der Waals surface area contributed by atoms with Crippen molar-refractivity contribution in [3.63, 3.8) is 0 Å². The fourth-order valence-corrected chi connectivity index (χ4v) is 2.68. The van der Waals surface area contributed by atoms with Crippen molar-refractivity contribution in [3.8, 4) is 34.8 Å². The van der Waals surface area contributed by atoms with Crippen LogP contribution in [0.2, 0.25) is 0 Å². The molecule has 0 aliphatic rings. The summed E-state index contributed by atoms with van der Waals surface area (Å²) < 4.78 is 21.3. The van der Waals surface area contributed by atoms with Gasteiger partial charge in [0.2, 0.25) is 11.8 Å². The lowest BCUT2D eigenvalue weighted by Gasteiger charge is -2.09. The number of nitrogens with zero attached hydrogens (tertiary/aromatic N) is 3. The quantitative estimate of drug-likeness (QED) is 0.488. The molecule has 0 amide bonds. The van der Waals surface area contributed by atoms with Gasteiger partial charge in [-0.25, -0.2) is 4.79 Å². The Bertz CT molecular complexity index is 1170. The molecule has 0 N–H and O–H groups in total. The summed E-state index contributed by atoms with van der Waals surface area (Å²) >= 11 is 0.